The molecule has 0 aromatic heterocycles. The zero-order valence-corrected chi connectivity index (χ0v) is 14.5. The molecule has 0 radical (unpaired) electrons. The van der Waals surface area contributed by atoms with Crippen LogP contribution in [0.1, 0.15) is 58.8 Å². The standard InChI is InChI=1S/C17H30N2OS/c1-15-6-12-7-16(2,9-15)11-17(8-12,10-15)19-14(20)13(18)4-5-21-3/h12-13H,4-11,18H2,1-3H3,(H,19,20)/t12?,13-,15?,16?,17?/m1/s1. The highest BCUT2D eigenvalue weighted by Crippen LogP contribution is 2.66. The first-order valence-corrected chi connectivity index (χ1v) is 9.73. The van der Waals surface area contributed by atoms with Gasteiger partial charge in [-0.05, 0) is 73.7 Å². The van der Waals surface area contributed by atoms with Crippen molar-refractivity contribution in [3.05, 3.63) is 0 Å². The molecule has 0 heterocycles. The van der Waals surface area contributed by atoms with Crippen molar-refractivity contribution in [1.29, 1.82) is 0 Å². The molecule has 0 aromatic rings. The van der Waals surface area contributed by atoms with Gasteiger partial charge in [-0.15, -0.1) is 0 Å². The van der Waals surface area contributed by atoms with Gasteiger partial charge < -0.3 is 11.1 Å². The van der Waals surface area contributed by atoms with Gasteiger partial charge in [-0.3, -0.25) is 4.79 Å². The van der Waals surface area contributed by atoms with Crippen molar-refractivity contribution in [2.24, 2.45) is 22.5 Å². The van der Waals surface area contributed by atoms with Gasteiger partial charge in [-0.25, -0.2) is 0 Å². The van der Waals surface area contributed by atoms with E-state index in [0.717, 1.165) is 30.9 Å². The van der Waals surface area contributed by atoms with E-state index in [1.165, 1.54) is 25.7 Å². The third-order valence-corrected chi connectivity index (χ3v) is 6.63. The van der Waals surface area contributed by atoms with Crippen LogP contribution in [-0.4, -0.2) is 29.5 Å². The van der Waals surface area contributed by atoms with E-state index >= 15 is 0 Å². The molecule has 2 unspecified atom stereocenters. The Morgan fingerprint density at radius 2 is 1.86 bits per heavy atom. The van der Waals surface area contributed by atoms with Crippen molar-refractivity contribution in [2.75, 3.05) is 12.0 Å². The molecule has 3 nitrogen and oxygen atoms in total. The van der Waals surface area contributed by atoms with E-state index in [1.54, 1.807) is 11.8 Å². The average Bonchev–Trinajstić information content (AvgIpc) is 2.30. The fourth-order valence-corrected chi connectivity index (χ4v) is 6.81. The van der Waals surface area contributed by atoms with Gasteiger partial charge in [-0.2, -0.15) is 11.8 Å². The highest BCUT2D eigenvalue weighted by atomic mass is 32.2. The van der Waals surface area contributed by atoms with Crippen molar-refractivity contribution in [2.45, 2.75) is 70.4 Å². The first kappa shape index (κ1) is 15.7. The molecule has 21 heavy (non-hydrogen) atoms. The normalized spacial score (nSPS) is 45.6. The monoisotopic (exact) mass is 310 g/mol. The molecule has 3 N–H and O–H groups in total. The summed E-state index contributed by atoms with van der Waals surface area (Å²) in [5.41, 5.74) is 6.98. The minimum atomic E-state index is -0.342. The molecule has 4 fully saturated rings. The first-order chi connectivity index (χ1) is 9.77. The van der Waals surface area contributed by atoms with Crippen LogP contribution < -0.4 is 11.1 Å². The Kier molecular flexibility index (Phi) is 3.85. The van der Waals surface area contributed by atoms with Gasteiger partial charge in [0.25, 0.3) is 0 Å². The van der Waals surface area contributed by atoms with Crippen molar-refractivity contribution < 1.29 is 4.79 Å². The number of rotatable bonds is 5. The van der Waals surface area contributed by atoms with E-state index in [1.807, 2.05) is 0 Å². The van der Waals surface area contributed by atoms with Crippen LogP contribution in [0.3, 0.4) is 0 Å². The van der Waals surface area contributed by atoms with Crippen LogP contribution in [0.25, 0.3) is 0 Å². The molecular formula is C17H30N2OS. The molecule has 4 aliphatic rings. The Balaban J connectivity index is 1.71. The largest absolute Gasteiger partial charge is 0.349 e. The SMILES string of the molecule is CSCC[C@@H](N)C(=O)NC12CC3CC(C)(CC(C)(C3)C1)C2. The fourth-order valence-electron chi connectivity index (χ4n) is 6.32. The predicted octanol–water partition coefficient (Wildman–Crippen LogP) is 2.93. The highest BCUT2D eigenvalue weighted by molar-refractivity contribution is 7.98. The van der Waals surface area contributed by atoms with Crippen LogP contribution in [0.15, 0.2) is 0 Å². The maximum absolute atomic E-state index is 12.5. The number of carbonyl (C=O) groups is 1. The molecule has 0 aromatic carbocycles. The van der Waals surface area contributed by atoms with Gasteiger partial charge in [0.05, 0.1) is 6.04 Å². The second kappa shape index (κ2) is 5.16. The zero-order valence-electron chi connectivity index (χ0n) is 13.7. The number of hydrogen-bond acceptors (Lipinski definition) is 3. The van der Waals surface area contributed by atoms with E-state index in [-0.39, 0.29) is 17.5 Å². The van der Waals surface area contributed by atoms with E-state index in [2.05, 4.69) is 25.4 Å². The summed E-state index contributed by atoms with van der Waals surface area (Å²) in [5.74, 6) is 1.84. The molecule has 3 atom stereocenters. The Bertz CT molecular complexity index is 421. The zero-order chi connectivity index (χ0) is 15.3. The van der Waals surface area contributed by atoms with Crippen LogP contribution >= 0.6 is 11.8 Å². The molecule has 1 amide bonds. The van der Waals surface area contributed by atoms with E-state index in [0.29, 0.717) is 10.8 Å². The topological polar surface area (TPSA) is 55.1 Å². The molecule has 0 spiro atoms. The van der Waals surface area contributed by atoms with Crippen LogP contribution in [0.4, 0.5) is 0 Å². The Morgan fingerprint density at radius 1 is 1.24 bits per heavy atom. The molecule has 0 saturated heterocycles. The summed E-state index contributed by atoms with van der Waals surface area (Å²) in [4.78, 5) is 12.5. The Morgan fingerprint density at radius 3 is 2.38 bits per heavy atom. The molecule has 4 aliphatic carbocycles. The molecule has 4 rings (SSSR count). The van der Waals surface area contributed by atoms with Gasteiger partial charge in [0.1, 0.15) is 0 Å². The summed E-state index contributed by atoms with van der Waals surface area (Å²) in [6.07, 6.45) is 10.4. The highest BCUT2D eigenvalue weighted by Gasteiger charge is 2.60. The molecule has 4 heteroatoms. The number of carbonyl (C=O) groups excluding carboxylic acids is 1. The van der Waals surface area contributed by atoms with Gasteiger partial charge in [0.2, 0.25) is 5.91 Å². The lowest BCUT2D eigenvalue weighted by molar-refractivity contribution is -0.140. The number of nitrogens with one attached hydrogen (secondary N) is 1. The average molecular weight is 311 g/mol. The van der Waals surface area contributed by atoms with Crippen LogP contribution in [-0.2, 0) is 4.79 Å². The lowest BCUT2D eigenvalue weighted by Crippen LogP contribution is -2.66. The Hall–Kier alpha value is -0.220. The minimum Gasteiger partial charge on any atom is -0.349 e. The molecular weight excluding hydrogens is 280 g/mol. The molecule has 120 valence electrons. The van der Waals surface area contributed by atoms with Gasteiger partial charge in [0.15, 0.2) is 0 Å². The van der Waals surface area contributed by atoms with Crippen LogP contribution in [0.5, 0.6) is 0 Å². The summed E-state index contributed by atoms with van der Waals surface area (Å²) in [5, 5.41) is 3.41. The maximum atomic E-state index is 12.5. The number of hydrogen-bond donors (Lipinski definition) is 2. The summed E-state index contributed by atoms with van der Waals surface area (Å²) in [6, 6.07) is -0.342. The van der Waals surface area contributed by atoms with E-state index < -0.39 is 0 Å². The van der Waals surface area contributed by atoms with Gasteiger partial charge >= 0.3 is 0 Å². The third kappa shape index (κ3) is 2.98. The molecule has 0 aliphatic heterocycles. The van der Waals surface area contributed by atoms with Crippen molar-refractivity contribution in [3.63, 3.8) is 0 Å². The van der Waals surface area contributed by atoms with E-state index in [9.17, 15) is 4.79 Å². The first-order valence-electron chi connectivity index (χ1n) is 8.34. The number of thioether (sulfide) groups is 1. The van der Waals surface area contributed by atoms with E-state index in [4.69, 9.17) is 5.73 Å². The van der Waals surface area contributed by atoms with Crippen LogP contribution in [0, 0.1) is 16.7 Å². The second-order valence-corrected chi connectivity index (χ2v) is 9.77. The second-order valence-electron chi connectivity index (χ2n) is 8.79. The summed E-state index contributed by atoms with van der Waals surface area (Å²) in [6.45, 7) is 4.87. The summed E-state index contributed by atoms with van der Waals surface area (Å²) < 4.78 is 0. The molecule has 4 saturated carbocycles. The van der Waals surface area contributed by atoms with Crippen molar-refractivity contribution >= 4 is 17.7 Å². The summed E-state index contributed by atoms with van der Waals surface area (Å²) >= 11 is 1.76. The minimum absolute atomic E-state index is 0.0387. The fraction of sp³-hybridized carbons (Fsp3) is 0.941. The van der Waals surface area contributed by atoms with Crippen molar-refractivity contribution in [3.8, 4) is 0 Å². The van der Waals surface area contributed by atoms with Gasteiger partial charge in [0, 0.05) is 5.54 Å². The van der Waals surface area contributed by atoms with Crippen LogP contribution in [0.2, 0.25) is 0 Å². The molecule has 4 bridgehead atoms. The summed E-state index contributed by atoms with van der Waals surface area (Å²) in [7, 11) is 0. The van der Waals surface area contributed by atoms with Gasteiger partial charge in [-0.1, -0.05) is 13.8 Å². The Labute approximate surface area is 133 Å². The maximum Gasteiger partial charge on any atom is 0.237 e. The lowest BCUT2D eigenvalue weighted by atomic mass is 9.43. The number of nitrogens with two attached hydrogens (primary N) is 1. The third-order valence-electron chi connectivity index (χ3n) is 5.98. The quantitative estimate of drug-likeness (QED) is 0.821. The predicted molar refractivity (Wildman–Crippen MR) is 89.3 cm³/mol. The van der Waals surface area contributed by atoms with Crippen molar-refractivity contribution in [1.82, 2.24) is 5.32 Å². The smallest absolute Gasteiger partial charge is 0.237 e. The lowest BCUT2D eigenvalue weighted by Gasteiger charge is -2.65. The number of amides is 1.